The number of amides is 1. The Balaban J connectivity index is 1.21. The van der Waals surface area contributed by atoms with Crippen molar-refractivity contribution in [3.05, 3.63) is 0 Å². The van der Waals surface area contributed by atoms with Crippen molar-refractivity contribution in [3.63, 3.8) is 0 Å². The number of piperazine rings is 1. The number of hydrogen-bond donors (Lipinski definition) is 1. The number of rotatable bonds is 2. The SMILES string of the molecule is O=C(C1C2C3CCC(C3)C12)N1CCC(N2CCNCC2)C1. The Morgan fingerprint density at radius 1 is 0.952 bits per heavy atom. The number of nitrogens with zero attached hydrogens (tertiary/aromatic N) is 2. The maximum Gasteiger partial charge on any atom is 0.226 e. The second kappa shape index (κ2) is 4.69. The van der Waals surface area contributed by atoms with Crippen molar-refractivity contribution in [3.8, 4) is 0 Å². The molecule has 3 saturated carbocycles. The third-order valence-electron chi connectivity index (χ3n) is 7.16. The van der Waals surface area contributed by atoms with Gasteiger partial charge in [-0.2, -0.15) is 0 Å². The maximum atomic E-state index is 12.9. The fourth-order valence-electron chi connectivity index (χ4n) is 6.15. The van der Waals surface area contributed by atoms with Crippen molar-refractivity contribution in [1.29, 1.82) is 0 Å². The van der Waals surface area contributed by atoms with Crippen molar-refractivity contribution < 1.29 is 4.79 Å². The van der Waals surface area contributed by atoms with E-state index in [-0.39, 0.29) is 0 Å². The van der Waals surface area contributed by atoms with Crippen LogP contribution >= 0.6 is 0 Å². The monoisotopic (exact) mass is 289 g/mol. The Kier molecular flexibility index (Phi) is 2.88. The molecular formula is C17H27N3O. The zero-order valence-corrected chi connectivity index (χ0v) is 12.8. The second-order valence-electron chi connectivity index (χ2n) is 8.03. The van der Waals surface area contributed by atoms with E-state index in [0.717, 1.165) is 62.9 Å². The summed E-state index contributed by atoms with van der Waals surface area (Å²) in [6.45, 7) is 6.56. The predicted molar refractivity (Wildman–Crippen MR) is 80.7 cm³/mol. The zero-order valence-electron chi connectivity index (χ0n) is 12.8. The van der Waals surface area contributed by atoms with Crippen LogP contribution in [-0.2, 0) is 4.79 Å². The van der Waals surface area contributed by atoms with Gasteiger partial charge in [0.25, 0.3) is 0 Å². The van der Waals surface area contributed by atoms with E-state index in [9.17, 15) is 4.79 Å². The van der Waals surface area contributed by atoms with Crippen molar-refractivity contribution in [2.45, 2.75) is 31.7 Å². The highest BCUT2D eigenvalue weighted by molar-refractivity contribution is 5.83. The second-order valence-corrected chi connectivity index (χ2v) is 8.03. The minimum absolute atomic E-state index is 0.443. The smallest absolute Gasteiger partial charge is 0.226 e. The lowest BCUT2D eigenvalue weighted by atomic mass is 10.0. The third-order valence-corrected chi connectivity index (χ3v) is 7.16. The van der Waals surface area contributed by atoms with Crippen molar-refractivity contribution in [2.75, 3.05) is 39.3 Å². The minimum Gasteiger partial charge on any atom is -0.341 e. The van der Waals surface area contributed by atoms with Crippen LogP contribution in [0.5, 0.6) is 0 Å². The highest BCUT2D eigenvalue weighted by Gasteiger charge is 2.68. The largest absolute Gasteiger partial charge is 0.341 e. The molecule has 2 aliphatic heterocycles. The molecule has 5 aliphatic rings. The number of hydrogen-bond acceptors (Lipinski definition) is 3. The molecule has 4 nitrogen and oxygen atoms in total. The van der Waals surface area contributed by atoms with E-state index < -0.39 is 0 Å². The standard InChI is InChI=1S/C17H27N3O/c21-17(16-14-11-1-2-12(9-11)15(14)16)20-6-3-13(10-20)19-7-4-18-5-8-19/h11-16,18H,1-10H2. The number of carbonyl (C=O) groups is 1. The van der Waals surface area contributed by atoms with Gasteiger partial charge in [-0.3, -0.25) is 9.69 Å². The van der Waals surface area contributed by atoms with Crippen LogP contribution in [0.4, 0.5) is 0 Å². The van der Waals surface area contributed by atoms with Gasteiger partial charge in [0.05, 0.1) is 0 Å². The Labute approximate surface area is 127 Å². The summed E-state index contributed by atoms with van der Waals surface area (Å²) in [5, 5.41) is 3.42. The summed E-state index contributed by atoms with van der Waals surface area (Å²) in [5.74, 6) is 4.40. The predicted octanol–water partition coefficient (Wildman–Crippen LogP) is 0.785. The molecule has 2 heterocycles. The fraction of sp³-hybridized carbons (Fsp3) is 0.941. The van der Waals surface area contributed by atoms with Crippen LogP contribution in [0.1, 0.15) is 25.7 Å². The lowest BCUT2D eigenvalue weighted by molar-refractivity contribution is -0.132. The van der Waals surface area contributed by atoms with Gasteiger partial charge in [-0.25, -0.2) is 0 Å². The van der Waals surface area contributed by atoms with Gasteiger partial charge in [-0.1, -0.05) is 0 Å². The first kappa shape index (κ1) is 12.9. The molecule has 5 atom stereocenters. The Hall–Kier alpha value is -0.610. The number of fused-ring (bicyclic) bond motifs is 5. The molecule has 5 rings (SSSR count). The lowest BCUT2D eigenvalue weighted by Crippen LogP contribution is -2.49. The molecule has 0 aromatic carbocycles. The molecule has 5 fully saturated rings. The summed E-state index contributed by atoms with van der Waals surface area (Å²) in [6.07, 6.45) is 5.47. The van der Waals surface area contributed by atoms with E-state index >= 15 is 0 Å². The quantitative estimate of drug-likeness (QED) is 0.816. The van der Waals surface area contributed by atoms with E-state index in [2.05, 4.69) is 15.1 Å². The molecule has 2 saturated heterocycles. The molecule has 1 amide bonds. The average molecular weight is 289 g/mol. The molecule has 1 N–H and O–H groups in total. The molecule has 5 unspecified atom stereocenters. The molecule has 0 spiro atoms. The fourth-order valence-corrected chi connectivity index (χ4v) is 6.15. The van der Waals surface area contributed by atoms with E-state index in [1.54, 1.807) is 0 Å². The van der Waals surface area contributed by atoms with Crippen LogP contribution in [0.3, 0.4) is 0 Å². The van der Waals surface area contributed by atoms with Crippen LogP contribution in [0.15, 0.2) is 0 Å². The molecule has 2 bridgehead atoms. The molecule has 0 radical (unpaired) electrons. The van der Waals surface area contributed by atoms with Gasteiger partial charge in [-0.05, 0) is 49.4 Å². The summed E-state index contributed by atoms with van der Waals surface area (Å²) in [7, 11) is 0. The van der Waals surface area contributed by atoms with E-state index in [1.165, 1.54) is 25.7 Å². The summed E-state index contributed by atoms with van der Waals surface area (Å²) in [4.78, 5) is 17.7. The van der Waals surface area contributed by atoms with E-state index in [4.69, 9.17) is 0 Å². The first-order valence-electron chi connectivity index (χ1n) is 9.06. The average Bonchev–Trinajstić information content (AvgIpc) is 2.93. The van der Waals surface area contributed by atoms with Gasteiger partial charge in [-0.15, -0.1) is 0 Å². The zero-order chi connectivity index (χ0) is 14.0. The first-order valence-corrected chi connectivity index (χ1v) is 9.06. The normalized spacial score (nSPS) is 48.7. The minimum atomic E-state index is 0.443. The highest BCUT2D eigenvalue weighted by Crippen LogP contribution is 2.69. The number of nitrogens with one attached hydrogen (secondary N) is 1. The Morgan fingerprint density at radius 3 is 2.38 bits per heavy atom. The molecule has 0 aromatic heterocycles. The molecular weight excluding hydrogens is 262 g/mol. The first-order chi connectivity index (χ1) is 10.3. The van der Waals surface area contributed by atoms with E-state index in [1.807, 2.05) is 0 Å². The van der Waals surface area contributed by atoms with Gasteiger partial charge in [0, 0.05) is 51.2 Å². The van der Waals surface area contributed by atoms with Crippen LogP contribution in [0, 0.1) is 29.6 Å². The van der Waals surface area contributed by atoms with Gasteiger partial charge in [0.1, 0.15) is 0 Å². The molecule has 4 heteroatoms. The van der Waals surface area contributed by atoms with Crippen molar-refractivity contribution in [1.82, 2.24) is 15.1 Å². The summed E-state index contributed by atoms with van der Waals surface area (Å²) in [5.41, 5.74) is 0. The van der Waals surface area contributed by atoms with Crippen LogP contribution in [-0.4, -0.2) is 61.0 Å². The molecule has 21 heavy (non-hydrogen) atoms. The van der Waals surface area contributed by atoms with Gasteiger partial charge >= 0.3 is 0 Å². The summed E-state index contributed by atoms with van der Waals surface area (Å²) in [6, 6.07) is 0.631. The highest BCUT2D eigenvalue weighted by atomic mass is 16.2. The Morgan fingerprint density at radius 2 is 1.67 bits per heavy atom. The maximum absolute atomic E-state index is 12.9. The van der Waals surface area contributed by atoms with Crippen molar-refractivity contribution >= 4 is 5.91 Å². The van der Waals surface area contributed by atoms with Gasteiger partial charge in [0.15, 0.2) is 0 Å². The van der Waals surface area contributed by atoms with Crippen LogP contribution in [0.2, 0.25) is 0 Å². The topological polar surface area (TPSA) is 35.6 Å². The lowest BCUT2D eigenvalue weighted by Gasteiger charge is -2.32. The molecule has 0 aromatic rings. The molecule has 3 aliphatic carbocycles. The molecule has 116 valence electrons. The Bertz CT molecular complexity index is 431. The van der Waals surface area contributed by atoms with Crippen LogP contribution < -0.4 is 5.32 Å². The van der Waals surface area contributed by atoms with E-state index in [0.29, 0.717) is 17.9 Å². The van der Waals surface area contributed by atoms with Gasteiger partial charge in [0.2, 0.25) is 5.91 Å². The van der Waals surface area contributed by atoms with Crippen LogP contribution in [0.25, 0.3) is 0 Å². The summed E-state index contributed by atoms with van der Waals surface area (Å²) >= 11 is 0. The summed E-state index contributed by atoms with van der Waals surface area (Å²) < 4.78 is 0. The van der Waals surface area contributed by atoms with Crippen molar-refractivity contribution in [2.24, 2.45) is 29.6 Å². The number of likely N-dealkylation sites (tertiary alicyclic amines) is 1. The van der Waals surface area contributed by atoms with Gasteiger partial charge < -0.3 is 10.2 Å². The number of carbonyl (C=O) groups excluding carboxylic acids is 1. The third kappa shape index (κ3) is 1.91.